The van der Waals surface area contributed by atoms with E-state index in [1.54, 1.807) is 18.5 Å². The minimum atomic E-state index is -0.886. The van der Waals surface area contributed by atoms with Gasteiger partial charge in [-0.15, -0.1) is 0 Å². The average Bonchev–Trinajstić information content (AvgIpc) is 2.84. The Hall–Kier alpha value is -2.09. The number of nitrogens with zero attached hydrogens (tertiary/aromatic N) is 3. The summed E-state index contributed by atoms with van der Waals surface area (Å²) in [5.74, 6) is -0.806. The molecule has 1 aromatic rings. The molecule has 2 rings (SSSR count). The first-order valence-corrected chi connectivity index (χ1v) is 6.51. The molecule has 1 fully saturated rings. The molecule has 19 heavy (non-hydrogen) atoms. The standard InChI is InChI=1S/C14H17N3O2/c1-2-5-14(13(18)19)6-3-8-17(14)12-10-16-7-4-11(12)9-15/h4,7,10H,2-3,5-6,8H2,1H3,(H,18,19). The van der Waals surface area contributed by atoms with Crippen molar-refractivity contribution in [1.82, 2.24) is 4.98 Å². The van der Waals surface area contributed by atoms with Crippen LogP contribution in [0.25, 0.3) is 0 Å². The number of carboxylic acid groups (broad SMARTS) is 1. The molecule has 0 bridgehead atoms. The van der Waals surface area contributed by atoms with E-state index in [2.05, 4.69) is 11.1 Å². The number of anilines is 1. The predicted octanol–water partition coefficient (Wildman–Crippen LogP) is 2.18. The fraction of sp³-hybridized carbons (Fsp3) is 0.500. The van der Waals surface area contributed by atoms with Crippen molar-refractivity contribution in [3.05, 3.63) is 24.0 Å². The molecule has 2 heterocycles. The quantitative estimate of drug-likeness (QED) is 0.896. The minimum Gasteiger partial charge on any atom is -0.479 e. The van der Waals surface area contributed by atoms with Crippen LogP contribution in [-0.4, -0.2) is 28.1 Å². The van der Waals surface area contributed by atoms with Gasteiger partial charge in [-0.25, -0.2) is 4.79 Å². The Morgan fingerprint density at radius 3 is 3.11 bits per heavy atom. The van der Waals surface area contributed by atoms with Crippen LogP contribution in [0, 0.1) is 11.3 Å². The van der Waals surface area contributed by atoms with Gasteiger partial charge in [0.25, 0.3) is 0 Å². The highest BCUT2D eigenvalue weighted by molar-refractivity contribution is 5.85. The van der Waals surface area contributed by atoms with E-state index in [1.807, 2.05) is 11.8 Å². The fourth-order valence-corrected chi connectivity index (χ4v) is 2.93. The van der Waals surface area contributed by atoms with Crippen molar-refractivity contribution >= 4 is 11.7 Å². The van der Waals surface area contributed by atoms with Gasteiger partial charge in [-0.2, -0.15) is 5.26 Å². The smallest absolute Gasteiger partial charge is 0.329 e. The maximum atomic E-state index is 11.8. The molecular formula is C14H17N3O2. The predicted molar refractivity (Wildman–Crippen MR) is 70.8 cm³/mol. The van der Waals surface area contributed by atoms with Gasteiger partial charge in [0.1, 0.15) is 11.6 Å². The lowest BCUT2D eigenvalue weighted by atomic mass is 9.90. The summed E-state index contributed by atoms with van der Waals surface area (Å²) < 4.78 is 0. The van der Waals surface area contributed by atoms with Crippen LogP contribution in [0.1, 0.15) is 38.2 Å². The first-order valence-electron chi connectivity index (χ1n) is 6.51. The average molecular weight is 259 g/mol. The van der Waals surface area contributed by atoms with Crippen LogP contribution >= 0.6 is 0 Å². The maximum absolute atomic E-state index is 11.8. The van der Waals surface area contributed by atoms with E-state index in [9.17, 15) is 9.90 Å². The molecule has 1 aliphatic heterocycles. The highest BCUT2D eigenvalue weighted by Crippen LogP contribution is 2.38. The van der Waals surface area contributed by atoms with Crippen molar-refractivity contribution in [3.63, 3.8) is 0 Å². The number of aliphatic carboxylic acids is 1. The van der Waals surface area contributed by atoms with Crippen molar-refractivity contribution < 1.29 is 9.90 Å². The molecule has 1 unspecified atom stereocenters. The summed E-state index contributed by atoms with van der Waals surface area (Å²) in [5, 5.41) is 18.8. The topological polar surface area (TPSA) is 77.2 Å². The molecule has 1 N–H and O–H groups in total. The van der Waals surface area contributed by atoms with Gasteiger partial charge in [0, 0.05) is 12.7 Å². The third-order valence-corrected chi connectivity index (χ3v) is 3.76. The van der Waals surface area contributed by atoms with Crippen LogP contribution < -0.4 is 4.90 Å². The van der Waals surface area contributed by atoms with Gasteiger partial charge in [0.15, 0.2) is 0 Å². The molecule has 5 heteroatoms. The number of nitriles is 1. The Morgan fingerprint density at radius 2 is 2.47 bits per heavy atom. The third kappa shape index (κ3) is 2.14. The lowest BCUT2D eigenvalue weighted by molar-refractivity contribution is -0.143. The molecule has 0 radical (unpaired) electrons. The summed E-state index contributed by atoms with van der Waals surface area (Å²) in [5.41, 5.74) is 0.237. The monoisotopic (exact) mass is 259 g/mol. The molecule has 5 nitrogen and oxygen atoms in total. The molecule has 0 amide bonds. The zero-order chi connectivity index (χ0) is 13.9. The largest absolute Gasteiger partial charge is 0.479 e. The van der Waals surface area contributed by atoms with E-state index in [0.717, 1.165) is 12.8 Å². The second kappa shape index (κ2) is 5.27. The van der Waals surface area contributed by atoms with Crippen molar-refractivity contribution in [2.45, 2.75) is 38.1 Å². The van der Waals surface area contributed by atoms with Crippen molar-refractivity contribution in [2.24, 2.45) is 0 Å². The van der Waals surface area contributed by atoms with E-state index < -0.39 is 11.5 Å². The SMILES string of the molecule is CCCC1(C(=O)O)CCCN1c1cnccc1C#N. The van der Waals surface area contributed by atoms with E-state index in [1.165, 1.54) is 0 Å². The summed E-state index contributed by atoms with van der Waals surface area (Å²) in [4.78, 5) is 17.6. The van der Waals surface area contributed by atoms with Gasteiger partial charge in [0.2, 0.25) is 0 Å². The zero-order valence-corrected chi connectivity index (χ0v) is 11.0. The van der Waals surface area contributed by atoms with Crippen LogP contribution in [0.5, 0.6) is 0 Å². The van der Waals surface area contributed by atoms with Gasteiger partial charge in [-0.05, 0) is 25.3 Å². The normalized spacial score (nSPS) is 22.2. The maximum Gasteiger partial charge on any atom is 0.329 e. The van der Waals surface area contributed by atoms with Crippen LogP contribution in [0.2, 0.25) is 0 Å². The first-order chi connectivity index (χ1) is 9.15. The highest BCUT2D eigenvalue weighted by atomic mass is 16.4. The van der Waals surface area contributed by atoms with Crippen LogP contribution in [0.15, 0.2) is 18.5 Å². The highest BCUT2D eigenvalue weighted by Gasteiger charge is 2.47. The Bertz CT molecular complexity index is 524. The minimum absolute atomic E-state index is 0.485. The number of rotatable bonds is 4. The number of aromatic nitrogens is 1. The third-order valence-electron chi connectivity index (χ3n) is 3.76. The van der Waals surface area contributed by atoms with Gasteiger partial charge >= 0.3 is 5.97 Å². The van der Waals surface area contributed by atoms with Crippen LogP contribution in [0.4, 0.5) is 5.69 Å². The summed E-state index contributed by atoms with van der Waals surface area (Å²) >= 11 is 0. The van der Waals surface area contributed by atoms with E-state index in [4.69, 9.17) is 5.26 Å². The molecule has 1 atom stereocenters. The number of hydrogen-bond donors (Lipinski definition) is 1. The summed E-state index contributed by atoms with van der Waals surface area (Å²) in [6.07, 6.45) is 5.98. The molecular weight excluding hydrogens is 242 g/mol. The van der Waals surface area contributed by atoms with Crippen LogP contribution in [0.3, 0.4) is 0 Å². The second-order valence-corrected chi connectivity index (χ2v) is 4.85. The lowest BCUT2D eigenvalue weighted by Crippen LogP contribution is -2.51. The molecule has 100 valence electrons. The summed E-state index contributed by atoms with van der Waals surface area (Å²) in [6, 6.07) is 3.75. The van der Waals surface area contributed by atoms with Gasteiger partial charge in [-0.1, -0.05) is 13.3 Å². The van der Waals surface area contributed by atoms with Gasteiger partial charge in [-0.3, -0.25) is 4.98 Å². The van der Waals surface area contributed by atoms with Crippen molar-refractivity contribution in [3.8, 4) is 6.07 Å². The summed E-state index contributed by atoms with van der Waals surface area (Å²) in [6.45, 7) is 2.64. The number of carboxylic acids is 1. The lowest BCUT2D eigenvalue weighted by Gasteiger charge is -2.36. The number of pyridine rings is 1. The van der Waals surface area contributed by atoms with Gasteiger partial charge < -0.3 is 10.0 Å². The number of hydrogen-bond acceptors (Lipinski definition) is 4. The van der Waals surface area contributed by atoms with Crippen molar-refractivity contribution in [2.75, 3.05) is 11.4 Å². The zero-order valence-electron chi connectivity index (χ0n) is 11.0. The number of carbonyl (C=O) groups is 1. The Kier molecular flexibility index (Phi) is 3.70. The Balaban J connectivity index is 2.48. The summed E-state index contributed by atoms with van der Waals surface area (Å²) in [7, 11) is 0. The molecule has 0 saturated carbocycles. The molecule has 0 aliphatic carbocycles. The Morgan fingerprint density at radius 1 is 1.68 bits per heavy atom. The van der Waals surface area contributed by atoms with Crippen molar-refractivity contribution in [1.29, 1.82) is 5.26 Å². The van der Waals surface area contributed by atoms with E-state index >= 15 is 0 Å². The second-order valence-electron chi connectivity index (χ2n) is 4.85. The molecule has 0 aromatic carbocycles. The molecule has 1 saturated heterocycles. The Labute approximate surface area is 112 Å². The molecule has 1 aromatic heterocycles. The van der Waals surface area contributed by atoms with Gasteiger partial charge in [0.05, 0.1) is 17.4 Å². The van der Waals surface area contributed by atoms with E-state index in [0.29, 0.717) is 30.6 Å². The fourth-order valence-electron chi connectivity index (χ4n) is 2.93. The van der Waals surface area contributed by atoms with E-state index in [-0.39, 0.29) is 0 Å². The first kappa shape index (κ1) is 13.3. The molecule has 1 aliphatic rings. The van der Waals surface area contributed by atoms with Crippen LogP contribution in [-0.2, 0) is 4.79 Å². The molecule has 0 spiro atoms.